The topological polar surface area (TPSA) is 155 Å². The molecular weight excluding hydrogens is 300 g/mol. The molecule has 2 aromatic rings. The molecule has 21 heavy (non-hydrogen) atoms. The van der Waals surface area contributed by atoms with Crippen LogP contribution in [0.4, 0.5) is 5.95 Å². The average molecular weight is 316 g/mol. The highest BCUT2D eigenvalue weighted by Gasteiger charge is 2.44. The van der Waals surface area contributed by atoms with E-state index in [2.05, 4.69) is 20.3 Å². The zero-order valence-electron chi connectivity index (χ0n) is 11.1. The summed E-state index contributed by atoms with van der Waals surface area (Å²) in [4.78, 5) is 7.01. The smallest absolute Gasteiger partial charge is 0.200 e. The monoisotopic (exact) mass is 316 g/mol. The van der Waals surface area contributed by atoms with E-state index in [1.54, 1.807) is 0 Å². The Hall–Kier alpha value is -1.53. The van der Waals surface area contributed by atoms with E-state index in [-0.39, 0.29) is 5.95 Å². The molecule has 0 aliphatic carbocycles. The molecule has 1 aliphatic rings. The van der Waals surface area contributed by atoms with Crippen molar-refractivity contribution >= 4 is 28.5 Å². The van der Waals surface area contributed by atoms with Crippen molar-refractivity contribution < 1.29 is 20.1 Å². The lowest BCUT2D eigenvalue weighted by Gasteiger charge is -2.14. The maximum atomic E-state index is 10.0. The van der Waals surface area contributed by atoms with Crippen molar-refractivity contribution in [3.63, 3.8) is 0 Å². The van der Waals surface area contributed by atoms with Crippen LogP contribution in [0, 0.1) is 4.64 Å². The summed E-state index contributed by atoms with van der Waals surface area (Å²) in [7, 11) is 0. The van der Waals surface area contributed by atoms with Crippen molar-refractivity contribution in [2.24, 2.45) is 0 Å². The summed E-state index contributed by atoms with van der Waals surface area (Å²) in [6.07, 6.45) is -2.44. The molecule has 0 spiro atoms. The first-order valence-corrected chi connectivity index (χ1v) is 7.57. The zero-order valence-corrected chi connectivity index (χ0v) is 12.0. The van der Waals surface area contributed by atoms with Crippen LogP contribution in [0.3, 0.4) is 0 Å². The predicted molar refractivity (Wildman–Crippen MR) is 75.2 cm³/mol. The number of nitrogen functional groups attached to an aromatic ring is 1. The van der Waals surface area contributed by atoms with Gasteiger partial charge in [0.05, 0.1) is 11.2 Å². The lowest BCUT2D eigenvalue weighted by Crippen LogP contribution is -2.33. The minimum absolute atomic E-state index is 0.183. The second kappa shape index (κ2) is 5.35. The average Bonchev–Trinajstić information content (AvgIpc) is 3.01. The summed E-state index contributed by atoms with van der Waals surface area (Å²) in [5.74, 6) is 0.183. The van der Waals surface area contributed by atoms with E-state index in [9.17, 15) is 10.2 Å². The molecule has 1 fully saturated rings. The van der Waals surface area contributed by atoms with Crippen LogP contribution in [-0.4, -0.2) is 71.5 Å². The van der Waals surface area contributed by atoms with E-state index in [4.69, 9.17) is 15.6 Å². The summed E-state index contributed by atoms with van der Waals surface area (Å²) < 4.78 is 7.41. The van der Waals surface area contributed by atoms with Crippen molar-refractivity contribution in [1.29, 1.82) is 0 Å². The van der Waals surface area contributed by atoms with Gasteiger partial charge < -0.3 is 30.8 Å². The lowest BCUT2D eigenvalue weighted by atomic mass is 10.1. The van der Waals surface area contributed by atoms with Crippen LogP contribution in [0.15, 0.2) is 0 Å². The number of rotatable bonds is 2. The number of thiol groups is 1. The Labute approximate surface area is 122 Å². The highest BCUT2D eigenvalue weighted by Crippen LogP contribution is 2.30. The van der Waals surface area contributed by atoms with Crippen molar-refractivity contribution in [3.05, 3.63) is 4.64 Å². The number of hydrogen-bond acceptors (Lipinski definition) is 8. The third kappa shape index (κ3) is 2.22. The van der Waals surface area contributed by atoms with Crippen LogP contribution in [0.25, 0.3) is 11.2 Å². The molecule has 6 N–H and O–H groups in total. The fourth-order valence-corrected chi connectivity index (χ4v) is 2.87. The van der Waals surface area contributed by atoms with Gasteiger partial charge in [-0.3, -0.25) is 0 Å². The van der Waals surface area contributed by atoms with Crippen molar-refractivity contribution in [2.75, 3.05) is 18.6 Å². The second-order valence-corrected chi connectivity index (χ2v) is 5.52. The third-order valence-corrected chi connectivity index (χ3v) is 4.12. The zero-order chi connectivity index (χ0) is 15.1. The fraction of sp³-hybridized carbons (Fsp3) is 0.600. The van der Waals surface area contributed by atoms with Gasteiger partial charge in [0.1, 0.15) is 18.3 Å². The Balaban J connectivity index is 2.12. The molecule has 10 nitrogen and oxygen atoms in total. The number of aromatic nitrogens is 5. The number of aliphatic hydroxyl groups excluding tert-OH is 3. The quantitative estimate of drug-likeness (QED) is 0.274. The fourth-order valence-electron chi connectivity index (χ4n) is 2.28. The number of hydrogen-bond donors (Lipinski definition) is 6. The number of fused-ring (bicyclic) bond motifs is 1. The van der Waals surface area contributed by atoms with Gasteiger partial charge in [0, 0.05) is 0 Å². The van der Waals surface area contributed by atoms with E-state index >= 15 is 0 Å². The summed E-state index contributed by atoms with van der Waals surface area (Å²) >= 11 is 0.897. The molecule has 0 bridgehead atoms. The van der Waals surface area contributed by atoms with Crippen LogP contribution < -0.4 is 5.73 Å². The van der Waals surface area contributed by atoms with Gasteiger partial charge in [-0.1, -0.05) is 5.21 Å². The maximum Gasteiger partial charge on any atom is 0.200 e. The van der Waals surface area contributed by atoms with Gasteiger partial charge in [0.15, 0.2) is 23.3 Å². The standard InChI is InChI=1S/C10H16N6O4S/c1-21-8-4-7(12-10(11)13-8)16(15-14-4)9-6(19)5(18)3(2-17)20-9/h3,5-6,9,17-19,21H,2H2,1H3,(H3,11,12,13)/t3-,5-,6-,9-/m1/s1. The third-order valence-electron chi connectivity index (χ3n) is 3.35. The number of ether oxygens (including phenoxy) is 1. The van der Waals surface area contributed by atoms with Gasteiger partial charge in [0.25, 0.3) is 0 Å². The Morgan fingerprint density at radius 3 is 2.81 bits per heavy atom. The first kappa shape index (κ1) is 14.4. The van der Waals surface area contributed by atoms with Crippen LogP contribution >= 0.6 is 11.4 Å². The first-order valence-electron chi connectivity index (χ1n) is 6.22. The van der Waals surface area contributed by atoms with Gasteiger partial charge in [-0.25, -0.2) is 0 Å². The van der Waals surface area contributed by atoms with Gasteiger partial charge in [-0.2, -0.15) is 21.0 Å². The number of aromatic amines is 1. The molecule has 116 valence electrons. The molecule has 0 aromatic carbocycles. The van der Waals surface area contributed by atoms with Gasteiger partial charge >= 0.3 is 0 Å². The summed E-state index contributed by atoms with van der Waals surface area (Å²) in [6, 6.07) is 0. The lowest BCUT2D eigenvalue weighted by molar-refractivity contribution is -0.0574. The molecule has 0 saturated carbocycles. The van der Waals surface area contributed by atoms with Gasteiger partial charge in [-0.15, -0.1) is 5.10 Å². The number of H-pyrrole nitrogens is 1. The molecule has 3 rings (SSSR count). The predicted octanol–water partition coefficient (Wildman–Crippen LogP) is -2.02. The number of anilines is 1. The Morgan fingerprint density at radius 1 is 1.43 bits per heavy atom. The SMILES string of the molecule is C[SH]=c1[nH]c(N)nc2c1nnn2[C@@H]1O[C@H](CO)[C@@H](O)[C@H]1O. The molecule has 0 amide bonds. The van der Waals surface area contributed by atoms with Crippen LogP contribution in [0.5, 0.6) is 0 Å². The molecule has 11 heteroatoms. The van der Waals surface area contributed by atoms with Gasteiger partial charge in [0.2, 0.25) is 0 Å². The number of nitrogens with two attached hydrogens (primary N) is 1. The summed E-state index contributed by atoms with van der Waals surface area (Å²) in [5.41, 5.74) is 6.55. The summed E-state index contributed by atoms with van der Waals surface area (Å²) in [6.45, 7) is -0.413. The Kier molecular flexibility index (Phi) is 3.67. The van der Waals surface area contributed by atoms with E-state index < -0.39 is 31.1 Å². The van der Waals surface area contributed by atoms with Crippen LogP contribution in [-0.2, 0) is 4.74 Å². The largest absolute Gasteiger partial charge is 0.394 e. The van der Waals surface area contributed by atoms with E-state index in [0.29, 0.717) is 11.2 Å². The van der Waals surface area contributed by atoms with Crippen LogP contribution in [0.1, 0.15) is 6.23 Å². The van der Waals surface area contributed by atoms with Crippen molar-refractivity contribution in [3.8, 4) is 0 Å². The molecular formula is C10H16N6O4S. The number of aliphatic hydroxyl groups is 3. The highest BCUT2D eigenvalue weighted by molar-refractivity contribution is 7.90. The van der Waals surface area contributed by atoms with Crippen molar-refractivity contribution in [1.82, 2.24) is 25.0 Å². The van der Waals surface area contributed by atoms with E-state index in [1.807, 2.05) is 6.26 Å². The molecule has 1 aliphatic heterocycles. The van der Waals surface area contributed by atoms with Gasteiger partial charge in [-0.05, 0) is 6.26 Å². The molecule has 2 aromatic heterocycles. The molecule has 0 unspecified atom stereocenters. The molecule has 3 heterocycles. The van der Waals surface area contributed by atoms with E-state index in [0.717, 1.165) is 16.0 Å². The maximum absolute atomic E-state index is 10.0. The normalized spacial score (nSPS) is 30.8. The Morgan fingerprint density at radius 2 is 2.19 bits per heavy atom. The van der Waals surface area contributed by atoms with Crippen LogP contribution in [0.2, 0.25) is 0 Å². The highest BCUT2D eigenvalue weighted by atomic mass is 32.1. The minimum atomic E-state index is -1.25. The second-order valence-electron chi connectivity index (χ2n) is 4.63. The first-order chi connectivity index (χ1) is 10.1. The summed E-state index contributed by atoms with van der Waals surface area (Å²) in [5, 5.41) is 36.9. The number of nitrogens with one attached hydrogen (secondary N) is 1. The molecule has 0 radical (unpaired) electrons. The molecule has 4 atom stereocenters. The van der Waals surface area contributed by atoms with Crippen molar-refractivity contribution in [2.45, 2.75) is 24.5 Å². The molecule has 1 saturated heterocycles. The van der Waals surface area contributed by atoms with E-state index in [1.165, 1.54) is 4.68 Å². The Bertz CT molecular complexity index is 730. The minimum Gasteiger partial charge on any atom is -0.394 e. The number of nitrogens with zero attached hydrogens (tertiary/aromatic N) is 4.